The van der Waals surface area contributed by atoms with E-state index in [1.165, 1.54) is 28.6 Å². The van der Waals surface area contributed by atoms with Crippen molar-refractivity contribution in [2.75, 3.05) is 26.2 Å². The van der Waals surface area contributed by atoms with Crippen molar-refractivity contribution in [1.82, 2.24) is 4.31 Å². The fraction of sp³-hybridized carbons (Fsp3) is 0.625. The molecule has 0 unspecified atom stereocenters. The summed E-state index contributed by atoms with van der Waals surface area (Å²) in [6, 6.07) is 5.66. The molecule has 1 fully saturated rings. The number of nitrogens with two attached hydrogens (primary N) is 1. The van der Waals surface area contributed by atoms with Crippen LogP contribution in [-0.2, 0) is 21.4 Å². The molecule has 1 aliphatic rings. The molecule has 27 heavy (non-hydrogen) atoms. The first-order valence-electron chi connectivity index (χ1n) is 8.19. The van der Waals surface area contributed by atoms with Crippen LogP contribution in [0.4, 0.5) is 17.6 Å². The van der Waals surface area contributed by atoms with Crippen molar-refractivity contribution in [2.24, 2.45) is 11.7 Å². The van der Waals surface area contributed by atoms with Crippen molar-refractivity contribution in [2.45, 2.75) is 36.7 Å². The fourth-order valence-corrected chi connectivity index (χ4v) is 4.24. The van der Waals surface area contributed by atoms with Crippen molar-refractivity contribution < 1.29 is 30.7 Å². The van der Waals surface area contributed by atoms with E-state index in [1.807, 2.05) is 0 Å². The SMILES string of the molecule is Cl.NCC1CCN(S(=O)(=O)c2cccc(COCC(F)(F)C(F)F)c2)CC1. The van der Waals surface area contributed by atoms with E-state index < -0.39 is 29.0 Å². The molecule has 2 N–H and O–H groups in total. The highest BCUT2D eigenvalue weighted by Gasteiger charge is 2.41. The van der Waals surface area contributed by atoms with E-state index in [4.69, 9.17) is 5.73 Å². The predicted molar refractivity (Wildman–Crippen MR) is 94.8 cm³/mol. The maximum atomic E-state index is 12.8. The normalized spacial score (nSPS) is 17.1. The Bertz CT molecular complexity index is 699. The molecule has 0 aromatic heterocycles. The lowest BCUT2D eigenvalue weighted by Crippen LogP contribution is -2.40. The van der Waals surface area contributed by atoms with Gasteiger partial charge in [0.1, 0.15) is 6.61 Å². The van der Waals surface area contributed by atoms with Crippen LogP contribution >= 0.6 is 12.4 Å². The van der Waals surface area contributed by atoms with Gasteiger partial charge in [0.2, 0.25) is 10.0 Å². The van der Waals surface area contributed by atoms with Gasteiger partial charge in [-0.3, -0.25) is 0 Å². The first kappa shape index (κ1) is 24.1. The zero-order valence-corrected chi connectivity index (χ0v) is 16.1. The third-order valence-electron chi connectivity index (χ3n) is 4.33. The molecule has 5 nitrogen and oxygen atoms in total. The van der Waals surface area contributed by atoms with Gasteiger partial charge in [-0.2, -0.15) is 13.1 Å². The average molecular weight is 435 g/mol. The molecule has 156 valence electrons. The van der Waals surface area contributed by atoms with Gasteiger partial charge in [0.25, 0.3) is 0 Å². The molecule has 0 saturated carbocycles. The second kappa shape index (κ2) is 10.0. The van der Waals surface area contributed by atoms with Crippen LogP contribution in [-0.4, -0.2) is 51.3 Å². The summed E-state index contributed by atoms with van der Waals surface area (Å²) < 4.78 is 81.2. The molecule has 1 heterocycles. The zero-order valence-electron chi connectivity index (χ0n) is 14.5. The molecule has 1 aromatic carbocycles. The molecule has 1 aliphatic heterocycles. The van der Waals surface area contributed by atoms with Gasteiger partial charge in [0.15, 0.2) is 0 Å². The van der Waals surface area contributed by atoms with E-state index >= 15 is 0 Å². The van der Waals surface area contributed by atoms with Crippen molar-refractivity contribution in [3.63, 3.8) is 0 Å². The molecule has 1 saturated heterocycles. The molecule has 2 rings (SSSR count). The molecular weight excluding hydrogens is 412 g/mol. The first-order chi connectivity index (χ1) is 12.2. The lowest BCUT2D eigenvalue weighted by atomic mass is 9.99. The van der Waals surface area contributed by atoms with Crippen LogP contribution in [0.3, 0.4) is 0 Å². The topological polar surface area (TPSA) is 72.6 Å². The zero-order chi connectivity index (χ0) is 19.4. The summed E-state index contributed by atoms with van der Waals surface area (Å²) in [4.78, 5) is 0.0189. The van der Waals surface area contributed by atoms with Crippen LogP contribution in [0.2, 0.25) is 0 Å². The van der Waals surface area contributed by atoms with Gasteiger partial charge in [0, 0.05) is 13.1 Å². The summed E-state index contributed by atoms with van der Waals surface area (Å²) in [7, 11) is -3.71. The number of alkyl halides is 4. The number of benzene rings is 1. The molecule has 0 radical (unpaired) electrons. The molecule has 0 amide bonds. The summed E-state index contributed by atoms with van der Waals surface area (Å²) in [5.41, 5.74) is 5.92. The van der Waals surface area contributed by atoms with E-state index in [0.717, 1.165) is 0 Å². The molecule has 0 spiro atoms. The van der Waals surface area contributed by atoms with E-state index in [-0.39, 0.29) is 23.9 Å². The second-order valence-corrected chi connectivity index (χ2v) is 8.22. The van der Waals surface area contributed by atoms with Crippen LogP contribution in [0.1, 0.15) is 18.4 Å². The summed E-state index contributed by atoms with van der Waals surface area (Å²) >= 11 is 0. The number of halogens is 5. The number of sulfonamides is 1. The van der Waals surface area contributed by atoms with Crippen LogP contribution in [0, 0.1) is 5.92 Å². The van der Waals surface area contributed by atoms with E-state index in [2.05, 4.69) is 4.74 Å². The first-order valence-corrected chi connectivity index (χ1v) is 9.63. The minimum atomic E-state index is -4.24. The molecule has 1 aromatic rings. The fourth-order valence-electron chi connectivity index (χ4n) is 2.70. The minimum Gasteiger partial charge on any atom is -0.370 e. The monoisotopic (exact) mass is 434 g/mol. The number of nitrogens with zero attached hydrogens (tertiary/aromatic N) is 1. The van der Waals surface area contributed by atoms with E-state index in [1.54, 1.807) is 0 Å². The van der Waals surface area contributed by atoms with Gasteiger partial charge in [-0.1, -0.05) is 12.1 Å². The Morgan fingerprint density at radius 2 is 1.89 bits per heavy atom. The smallest absolute Gasteiger partial charge is 0.330 e. The Labute approximate surface area is 162 Å². The second-order valence-electron chi connectivity index (χ2n) is 6.29. The molecule has 0 aliphatic carbocycles. The molecule has 0 bridgehead atoms. The number of ether oxygens (including phenoxy) is 1. The minimum absolute atomic E-state index is 0. The van der Waals surface area contributed by atoms with E-state index in [0.29, 0.717) is 44.0 Å². The Kier molecular flexibility index (Phi) is 8.94. The average Bonchev–Trinajstić information content (AvgIpc) is 2.61. The largest absolute Gasteiger partial charge is 0.370 e. The molecular formula is C16H23ClF4N2O3S. The number of piperidine rings is 1. The third-order valence-corrected chi connectivity index (χ3v) is 6.22. The lowest BCUT2D eigenvalue weighted by Gasteiger charge is -2.30. The standard InChI is InChI=1S/C16H22F4N2O3S.ClH/c17-15(18)16(19,20)11-25-10-13-2-1-3-14(8-13)26(23,24)22-6-4-12(9-21)5-7-22;/h1-3,8,12,15H,4-7,9-11,21H2;1H. The predicted octanol–water partition coefficient (Wildman–Crippen LogP) is 2.88. The Hall–Kier alpha value is -0.940. The highest BCUT2D eigenvalue weighted by molar-refractivity contribution is 7.89. The van der Waals surface area contributed by atoms with Crippen molar-refractivity contribution in [3.05, 3.63) is 29.8 Å². The summed E-state index contributed by atoms with van der Waals surface area (Å²) in [5, 5.41) is 0. The highest BCUT2D eigenvalue weighted by atomic mass is 35.5. The van der Waals surface area contributed by atoms with Crippen LogP contribution in [0.5, 0.6) is 0 Å². The van der Waals surface area contributed by atoms with Crippen molar-refractivity contribution in [3.8, 4) is 0 Å². The van der Waals surface area contributed by atoms with Crippen molar-refractivity contribution >= 4 is 22.4 Å². The summed E-state index contributed by atoms with van der Waals surface area (Å²) in [5.74, 6) is -3.94. The van der Waals surface area contributed by atoms with Crippen LogP contribution in [0.15, 0.2) is 29.2 Å². The Morgan fingerprint density at radius 1 is 1.26 bits per heavy atom. The highest BCUT2D eigenvalue weighted by Crippen LogP contribution is 2.25. The Morgan fingerprint density at radius 3 is 2.44 bits per heavy atom. The van der Waals surface area contributed by atoms with Gasteiger partial charge in [-0.15, -0.1) is 12.4 Å². The molecule has 0 atom stereocenters. The third kappa shape index (κ3) is 6.28. The van der Waals surface area contributed by atoms with Crippen molar-refractivity contribution in [1.29, 1.82) is 0 Å². The number of hydrogen-bond donors (Lipinski definition) is 1. The summed E-state index contributed by atoms with van der Waals surface area (Å²) in [6.07, 6.45) is -2.45. The quantitative estimate of drug-likeness (QED) is 0.638. The molecule has 11 heteroatoms. The van der Waals surface area contributed by atoms with Crippen LogP contribution in [0.25, 0.3) is 0 Å². The van der Waals surface area contributed by atoms with Gasteiger partial charge in [-0.25, -0.2) is 17.2 Å². The maximum Gasteiger partial charge on any atom is 0.330 e. The number of hydrogen-bond acceptors (Lipinski definition) is 4. The van der Waals surface area contributed by atoms with Gasteiger partial charge in [-0.05, 0) is 43.0 Å². The van der Waals surface area contributed by atoms with E-state index in [9.17, 15) is 26.0 Å². The van der Waals surface area contributed by atoms with Gasteiger partial charge in [0.05, 0.1) is 11.5 Å². The van der Waals surface area contributed by atoms with Gasteiger partial charge < -0.3 is 10.5 Å². The van der Waals surface area contributed by atoms with Crippen LogP contribution < -0.4 is 5.73 Å². The summed E-state index contributed by atoms with van der Waals surface area (Å²) in [6.45, 7) is -0.573. The maximum absolute atomic E-state index is 12.8. The number of rotatable bonds is 8. The van der Waals surface area contributed by atoms with Gasteiger partial charge >= 0.3 is 12.3 Å². The lowest BCUT2D eigenvalue weighted by molar-refractivity contribution is -0.168. The Balaban J connectivity index is 0.00000364.